The summed E-state index contributed by atoms with van der Waals surface area (Å²) >= 11 is 3.24. The molecule has 3 nitrogen and oxygen atoms in total. The highest BCUT2D eigenvalue weighted by Gasteiger charge is 2.42. The van der Waals surface area contributed by atoms with Crippen molar-refractivity contribution < 1.29 is 14.6 Å². The van der Waals surface area contributed by atoms with E-state index in [0.29, 0.717) is 11.1 Å². The van der Waals surface area contributed by atoms with Gasteiger partial charge in [0, 0.05) is 0 Å². The van der Waals surface area contributed by atoms with E-state index in [0.717, 1.165) is 5.56 Å². The Hall–Kier alpha value is -1.91. The number of rotatable bonds is 5. The maximum atomic E-state index is 12.5. The number of benzene rings is 2. The van der Waals surface area contributed by atoms with Gasteiger partial charge in [-0.25, -0.2) is 0 Å². The van der Waals surface area contributed by atoms with Crippen LogP contribution in [-0.4, -0.2) is 24.8 Å². The molecule has 22 heavy (non-hydrogen) atoms. The maximum Gasteiger partial charge on any atom is 0.323 e. The summed E-state index contributed by atoms with van der Waals surface area (Å²) in [6.45, 7) is -0.370. The predicted octanol–water partition coefficient (Wildman–Crippen LogP) is 3.50. The normalized spacial score (nSPS) is 13.8. The van der Waals surface area contributed by atoms with Crippen LogP contribution in [0.4, 0.5) is 0 Å². The van der Waals surface area contributed by atoms with Crippen molar-refractivity contribution in [3.05, 3.63) is 76.3 Å². The molecule has 0 aromatic heterocycles. The molecule has 0 spiro atoms. The quantitative estimate of drug-likeness (QED) is 0.830. The number of aliphatic hydroxyl groups excluding tert-OH is 1. The first-order valence-electron chi connectivity index (χ1n) is 6.81. The first-order chi connectivity index (χ1) is 10.7. The molecule has 2 rings (SSSR count). The van der Waals surface area contributed by atoms with Crippen molar-refractivity contribution in [2.75, 3.05) is 13.7 Å². The van der Waals surface area contributed by atoms with Gasteiger partial charge in [0.05, 0.1) is 13.7 Å². The molecule has 0 bridgehead atoms. The van der Waals surface area contributed by atoms with Gasteiger partial charge in [-0.2, -0.15) is 0 Å². The molecule has 0 saturated heterocycles. The highest BCUT2D eigenvalue weighted by atomic mass is 79.9. The summed E-state index contributed by atoms with van der Waals surface area (Å²) in [5, 5.41) is 10.1. The fourth-order valence-corrected chi connectivity index (χ4v) is 2.83. The molecule has 2 aromatic rings. The largest absolute Gasteiger partial charge is 0.468 e. The van der Waals surface area contributed by atoms with Crippen LogP contribution in [0.5, 0.6) is 0 Å². The van der Waals surface area contributed by atoms with Crippen LogP contribution in [0.2, 0.25) is 0 Å². The Morgan fingerprint density at radius 2 is 1.86 bits per heavy atom. The Labute approximate surface area is 138 Å². The fraction of sp³-hybridized carbons (Fsp3) is 0.167. The Bertz CT molecular complexity index is 667. The highest BCUT2D eigenvalue weighted by Crippen LogP contribution is 2.34. The lowest BCUT2D eigenvalue weighted by atomic mass is 9.74. The Kier molecular flexibility index (Phi) is 5.52. The summed E-state index contributed by atoms with van der Waals surface area (Å²) < 4.78 is 4.99. The summed E-state index contributed by atoms with van der Waals surface area (Å²) in [6, 6.07) is 16.7. The molecule has 0 heterocycles. The number of carbonyl (C=O) groups excluding carboxylic acids is 1. The van der Waals surface area contributed by atoms with Crippen LogP contribution in [0.3, 0.4) is 0 Å². The minimum absolute atomic E-state index is 0.370. The monoisotopic (exact) mass is 360 g/mol. The SMILES string of the molecule is COC(=O)C(CO)(c1ccccc1)c1cccc(C=CBr)c1. The van der Waals surface area contributed by atoms with Gasteiger partial charge in [-0.3, -0.25) is 4.79 Å². The number of hydrogen-bond acceptors (Lipinski definition) is 3. The van der Waals surface area contributed by atoms with Gasteiger partial charge in [-0.1, -0.05) is 70.5 Å². The molecular weight excluding hydrogens is 344 g/mol. The summed E-state index contributed by atoms with van der Waals surface area (Å²) in [6.07, 6.45) is 1.87. The zero-order chi connectivity index (χ0) is 16.0. The van der Waals surface area contributed by atoms with Gasteiger partial charge in [0.15, 0.2) is 0 Å². The minimum atomic E-state index is -1.23. The molecule has 1 N–H and O–H groups in total. The number of carbonyl (C=O) groups is 1. The second-order valence-electron chi connectivity index (χ2n) is 4.84. The van der Waals surface area contributed by atoms with E-state index >= 15 is 0 Å². The van der Waals surface area contributed by atoms with E-state index in [1.54, 1.807) is 4.99 Å². The van der Waals surface area contributed by atoms with Crippen molar-refractivity contribution in [1.82, 2.24) is 0 Å². The third kappa shape index (κ3) is 2.98. The molecule has 4 heteroatoms. The molecule has 1 atom stereocenters. The van der Waals surface area contributed by atoms with E-state index in [1.165, 1.54) is 7.11 Å². The topological polar surface area (TPSA) is 46.5 Å². The zero-order valence-corrected chi connectivity index (χ0v) is 13.8. The first-order valence-corrected chi connectivity index (χ1v) is 7.72. The van der Waals surface area contributed by atoms with Gasteiger partial charge in [0.1, 0.15) is 5.41 Å². The third-order valence-corrected chi connectivity index (χ3v) is 3.94. The summed E-state index contributed by atoms with van der Waals surface area (Å²) in [7, 11) is 1.33. The first kappa shape index (κ1) is 16.5. The van der Waals surface area contributed by atoms with Crippen LogP contribution in [0.1, 0.15) is 16.7 Å². The Balaban J connectivity index is 2.68. The second-order valence-corrected chi connectivity index (χ2v) is 5.37. The van der Waals surface area contributed by atoms with Crippen LogP contribution in [0, 0.1) is 0 Å². The lowest BCUT2D eigenvalue weighted by Crippen LogP contribution is -2.41. The van der Waals surface area contributed by atoms with Crippen LogP contribution in [0.15, 0.2) is 59.6 Å². The molecule has 114 valence electrons. The molecule has 0 amide bonds. The number of methoxy groups -OCH3 is 1. The van der Waals surface area contributed by atoms with Crippen molar-refractivity contribution in [3.8, 4) is 0 Å². The van der Waals surface area contributed by atoms with Gasteiger partial charge < -0.3 is 9.84 Å². The van der Waals surface area contributed by atoms with E-state index in [1.807, 2.05) is 60.7 Å². The van der Waals surface area contributed by atoms with Gasteiger partial charge in [-0.15, -0.1) is 0 Å². The number of esters is 1. The van der Waals surface area contributed by atoms with Crippen molar-refractivity contribution in [2.45, 2.75) is 5.41 Å². The Morgan fingerprint density at radius 3 is 2.45 bits per heavy atom. The van der Waals surface area contributed by atoms with E-state index in [-0.39, 0.29) is 6.61 Å². The van der Waals surface area contributed by atoms with E-state index in [9.17, 15) is 9.90 Å². The summed E-state index contributed by atoms with van der Waals surface area (Å²) in [5.41, 5.74) is 1.08. The van der Waals surface area contributed by atoms with Crippen molar-refractivity contribution >= 4 is 28.0 Å². The van der Waals surface area contributed by atoms with E-state index in [2.05, 4.69) is 15.9 Å². The van der Waals surface area contributed by atoms with Gasteiger partial charge in [-0.05, 0) is 27.8 Å². The third-order valence-electron chi connectivity index (χ3n) is 3.67. The maximum absolute atomic E-state index is 12.5. The van der Waals surface area contributed by atoms with Crippen molar-refractivity contribution in [2.24, 2.45) is 0 Å². The number of aliphatic hydroxyl groups is 1. The van der Waals surface area contributed by atoms with Crippen LogP contribution in [0.25, 0.3) is 6.08 Å². The molecular formula is C18H17BrO3. The van der Waals surface area contributed by atoms with Gasteiger partial charge >= 0.3 is 5.97 Å². The van der Waals surface area contributed by atoms with Crippen molar-refractivity contribution in [1.29, 1.82) is 0 Å². The smallest absolute Gasteiger partial charge is 0.323 e. The predicted molar refractivity (Wildman–Crippen MR) is 90.7 cm³/mol. The van der Waals surface area contributed by atoms with Gasteiger partial charge in [0.25, 0.3) is 0 Å². The lowest BCUT2D eigenvalue weighted by molar-refractivity contribution is -0.147. The number of halogens is 1. The molecule has 0 fully saturated rings. The standard InChI is InChI=1S/C18H17BrO3/c1-22-17(21)18(13-20,15-7-3-2-4-8-15)16-9-5-6-14(12-16)10-11-19/h2-12,20H,13H2,1H3. The van der Waals surface area contributed by atoms with Gasteiger partial charge in [0.2, 0.25) is 0 Å². The van der Waals surface area contributed by atoms with Crippen LogP contribution in [-0.2, 0) is 14.9 Å². The molecule has 0 saturated carbocycles. The summed E-state index contributed by atoms with van der Waals surface area (Å²) in [5.74, 6) is -0.485. The molecule has 0 aliphatic carbocycles. The van der Waals surface area contributed by atoms with E-state index < -0.39 is 11.4 Å². The second kappa shape index (κ2) is 7.38. The Morgan fingerprint density at radius 1 is 1.18 bits per heavy atom. The summed E-state index contributed by atoms with van der Waals surface area (Å²) in [4.78, 5) is 14.3. The molecule has 2 aromatic carbocycles. The minimum Gasteiger partial charge on any atom is -0.468 e. The molecule has 1 unspecified atom stereocenters. The molecule has 0 aliphatic rings. The highest BCUT2D eigenvalue weighted by molar-refractivity contribution is 9.11. The average Bonchev–Trinajstić information content (AvgIpc) is 2.57. The molecule has 0 radical (unpaired) electrons. The molecule has 0 aliphatic heterocycles. The van der Waals surface area contributed by atoms with Crippen LogP contribution >= 0.6 is 15.9 Å². The number of ether oxygens (including phenoxy) is 1. The fourth-order valence-electron chi connectivity index (χ4n) is 2.53. The van der Waals surface area contributed by atoms with E-state index in [4.69, 9.17) is 4.74 Å². The van der Waals surface area contributed by atoms with Crippen LogP contribution < -0.4 is 0 Å². The zero-order valence-electron chi connectivity index (χ0n) is 12.2. The van der Waals surface area contributed by atoms with Crippen molar-refractivity contribution in [3.63, 3.8) is 0 Å². The average molecular weight is 361 g/mol. The number of hydrogen-bond donors (Lipinski definition) is 1. The lowest BCUT2D eigenvalue weighted by Gasteiger charge is -2.30.